The van der Waals surface area contributed by atoms with Gasteiger partial charge in [0.1, 0.15) is 5.76 Å². The number of rotatable bonds is 3. The second-order valence-corrected chi connectivity index (χ2v) is 4.10. The zero-order chi connectivity index (χ0) is 11.7. The predicted octanol–water partition coefficient (Wildman–Crippen LogP) is 2.80. The van der Waals surface area contributed by atoms with Crippen LogP contribution in [0.15, 0.2) is 22.9 Å². The molecule has 1 N–H and O–H groups in total. The van der Waals surface area contributed by atoms with E-state index in [4.69, 9.17) is 4.42 Å². The van der Waals surface area contributed by atoms with E-state index in [1.165, 1.54) is 5.56 Å². The van der Waals surface area contributed by atoms with Gasteiger partial charge >= 0.3 is 0 Å². The Hall–Kier alpha value is -1.71. The van der Waals surface area contributed by atoms with Crippen molar-refractivity contribution in [3.05, 3.63) is 35.5 Å². The van der Waals surface area contributed by atoms with Crippen molar-refractivity contribution in [2.24, 2.45) is 7.05 Å². The maximum atomic E-state index is 5.46. The molecule has 2 aromatic rings. The highest BCUT2D eigenvalue weighted by molar-refractivity contribution is 5.47. The molecule has 0 saturated heterocycles. The molecule has 0 amide bonds. The van der Waals surface area contributed by atoms with Crippen molar-refractivity contribution in [2.45, 2.75) is 26.8 Å². The molecule has 2 rings (SSSR count). The first-order chi connectivity index (χ1) is 7.59. The lowest BCUT2D eigenvalue weighted by atomic mass is 10.1. The van der Waals surface area contributed by atoms with Gasteiger partial charge in [0.2, 0.25) is 0 Å². The molecule has 0 aliphatic rings. The molecular weight excluding hydrogens is 202 g/mol. The fourth-order valence-electron chi connectivity index (χ4n) is 1.77. The minimum absolute atomic E-state index is 0.151. The monoisotopic (exact) mass is 219 g/mol. The molecule has 1 atom stereocenters. The number of anilines is 1. The Morgan fingerprint density at radius 1 is 1.44 bits per heavy atom. The standard InChI is InChI=1S/C12H17N3O/c1-8-5-6-16-12(8)9(2)14-11-7-13-15(4)10(11)3/h5-7,9,14H,1-4H3. The Labute approximate surface area is 95.3 Å². The van der Waals surface area contributed by atoms with Crippen molar-refractivity contribution in [1.29, 1.82) is 0 Å². The van der Waals surface area contributed by atoms with Gasteiger partial charge < -0.3 is 9.73 Å². The number of furan rings is 1. The van der Waals surface area contributed by atoms with Gasteiger partial charge in [0.05, 0.1) is 29.9 Å². The largest absolute Gasteiger partial charge is 0.467 e. The van der Waals surface area contributed by atoms with E-state index in [1.807, 2.05) is 37.8 Å². The zero-order valence-corrected chi connectivity index (χ0v) is 10.1. The van der Waals surface area contributed by atoms with Gasteiger partial charge in [-0.25, -0.2) is 0 Å². The quantitative estimate of drug-likeness (QED) is 0.863. The molecule has 2 aromatic heterocycles. The second-order valence-electron chi connectivity index (χ2n) is 4.10. The number of aryl methyl sites for hydroxylation is 2. The molecule has 16 heavy (non-hydrogen) atoms. The Bertz CT molecular complexity index is 484. The smallest absolute Gasteiger partial charge is 0.128 e. The molecule has 86 valence electrons. The molecule has 4 nitrogen and oxygen atoms in total. The van der Waals surface area contributed by atoms with Crippen LogP contribution in [-0.2, 0) is 7.05 Å². The van der Waals surface area contributed by atoms with Crippen LogP contribution in [0.5, 0.6) is 0 Å². The normalized spacial score (nSPS) is 12.8. The van der Waals surface area contributed by atoms with Crippen molar-refractivity contribution in [1.82, 2.24) is 9.78 Å². The summed E-state index contributed by atoms with van der Waals surface area (Å²) in [6.45, 7) is 6.17. The summed E-state index contributed by atoms with van der Waals surface area (Å²) in [6, 6.07) is 2.13. The summed E-state index contributed by atoms with van der Waals surface area (Å²) in [6.07, 6.45) is 3.56. The molecule has 0 bridgehead atoms. The predicted molar refractivity (Wildman–Crippen MR) is 63.4 cm³/mol. The van der Waals surface area contributed by atoms with Gasteiger partial charge in [0, 0.05) is 7.05 Å². The van der Waals surface area contributed by atoms with Crippen LogP contribution >= 0.6 is 0 Å². The van der Waals surface area contributed by atoms with Gasteiger partial charge in [-0.2, -0.15) is 5.10 Å². The molecule has 0 aliphatic heterocycles. The Morgan fingerprint density at radius 2 is 2.19 bits per heavy atom. The van der Waals surface area contributed by atoms with E-state index < -0.39 is 0 Å². The number of hydrogen-bond donors (Lipinski definition) is 1. The van der Waals surface area contributed by atoms with Crippen LogP contribution in [0.3, 0.4) is 0 Å². The molecule has 0 radical (unpaired) electrons. The summed E-state index contributed by atoms with van der Waals surface area (Å²) in [5.74, 6) is 0.975. The molecule has 1 unspecified atom stereocenters. The Balaban J connectivity index is 2.17. The summed E-state index contributed by atoms with van der Waals surface area (Å²) in [4.78, 5) is 0. The maximum Gasteiger partial charge on any atom is 0.128 e. The highest BCUT2D eigenvalue weighted by atomic mass is 16.3. The topological polar surface area (TPSA) is 43.0 Å². The summed E-state index contributed by atoms with van der Waals surface area (Å²) >= 11 is 0. The van der Waals surface area contributed by atoms with E-state index in [0.29, 0.717) is 0 Å². The molecule has 0 saturated carbocycles. The van der Waals surface area contributed by atoms with Gasteiger partial charge in [0.25, 0.3) is 0 Å². The van der Waals surface area contributed by atoms with E-state index in [2.05, 4.69) is 17.3 Å². The van der Waals surface area contributed by atoms with Gasteiger partial charge in [-0.15, -0.1) is 0 Å². The fourth-order valence-corrected chi connectivity index (χ4v) is 1.77. The van der Waals surface area contributed by atoms with Crippen molar-refractivity contribution < 1.29 is 4.42 Å². The lowest BCUT2D eigenvalue weighted by Crippen LogP contribution is -2.07. The van der Waals surface area contributed by atoms with Gasteiger partial charge in [-0.3, -0.25) is 4.68 Å². The van der Waals surface area contributed by atoms with Crippen molar-refractivity contribution >= 4 is 5.69 Å². The van der Waals surface area contributed by atoms with Crippen LogP contribution in [0.2, 0.25) is 0 Å². The summed E-state index contributed by atoms with van der Waals surface area (Å²) in [7, 11) is 1.93. The number of aromatic nitrogens is 2. The fraction of sp³-hybridized carbons (Fsp3) is 0.417. The molecule has 0 spiro atoms. The second kappa shape index (κ2) is 4.04. The number of nitrogens with one attached hydrogen (secondary N) is 1. The third-order valence-electron chi connectivity index (χ3n) is 2.90. The molecule has 0 aromatic carbocycles. The van der Waals surface area contributed by atoms with Crippen molar-refractivity contribution in [3.63, 3.8) is 0 Å². The van der Waals surface area contributed by atoms with E-state index in [9.17, 15) is 0 Å². The molecule has 0 fully saturated rings. The van der Waals surface area contributed by atoms with Crippen LogP contribution in [0, 0.1) is 13.8 Å². The van der Waals surface area contributed by atoms with Crippen molar-refractivity contribution in [3.8, 4) is 0 Å². The minimum atomic E-state index is 0.151. The Kier molecular flexibility index (Phi) is 2.73. The maximum absolute atomic E-state index is 5.46. The molecule has 0 aliphatic carbocycles. The first kappa shape index (κ1) is 10.8. The lowest BCUT2D eigenvalue weighted by molar-refractivity contribution is 0.487. The highest BCUT2D eigenvalue weighted by Crippen LogP contribution is 2.24. The van der Waals surface area contributed by atoms with E-state index >= 15 is 0 Å². The Morgan fingerprint density at radius 3 is 2.69 bits per heavy atom. The van der Waals surface area contributed by atoms with E-state index in [1.54, 1.807) is 6.26 Å². The average Bonchev–Trinajstić information content (AvgIpc) is 2.79. The van der Waals surface area contributed by atoms with Crippen LogP contribution in [0.1, 0.15) is 30.0 Å². The first-order valence-electron chi connectivity index (χ1n) is 5.38. The number of hydrogen-bond acceptors (Lipinski definition) is 3. The van der Waals surface area contributed by atoms with Crippen molar-refractivity contribution in [2.75, 3.05) is 5.32 Å². The average molecular weight is 219 g/mol. The SMILES string of the molecule is Cc1ccoc1C(C)Nc1cnn(C)c1C. The molecule has 2 heterocycles. The third kappa shape index (κ3) is 1.83. The molecule has 4 heteroatoms. The minimum Gasteiger partial charge on any atom is -0.467 e. The van der Waals surface area contributed by atoms with Gasteiger partial charge in [-0.1, -0.05) is 0 Å². The van der Waals surface area contributed by atoms with Crippen LogP contribution in [-0.4, -0.2) is 9.78 Å². The van der Waals surface area contributed by atoms with Gasteiger partial charge in [0.15, 0.2) is 0 Å². The van der Waals surface area contributed by atoms with E-state index in [-0.39, 0.29) is 6.04 Å². The third-order valence-corrected chi connectivity index (χ3v) is 2.90. The molecular formula is C12H17N3O. The number of nitrogens with zero attached hydrogens (tertiary/aromatic N) is 2. The zero-order valence-electron chi connectivity index (χ0n) is 10.1. The summed E-state index contributed by atoms with van der Waals surface area (Å²) in [5.41, 5.74) is 3.34. The van der Waals surface area contributed by atoms with Gasteiger partial charge in [-0.05, 0) is 32.4 Å². The van der Waals surface area contributed by atoms with Crippen LogP contribution in [0.4, 0.5) is 5.69 Å². The summed E-state index contributed by atoms with van der Waals surface area (Å²) < 4.78 is 7.31. The van der Waals surface area contributed by atoms with Crippen LogP contribution < -0.4 is 5.32 Å². The lowest BCUT2D eigenvalue weighted by Gasteiger charge is -2.13. The van der Waals surface area contributed by atoms with E-state index in [0.717, 1.165) is 17.1 Å². The highest BCUT2D eigenvalue weighted by Gasteiger charge is 2.13. The summed E-state index contributed by atoms with van der Waals surface area (Å²) in [5, 5.41) is 7.59. The first-order valence-corrected chi connectivity index (χ1v) is 5.38. The van der Waals surface area contributed by atoms with Crippen LogP contribution in [0.25, 0.3) is 0 Å².